The van der Waals surface area contributed by atoms with E-state index in [9.17, 15) is 0 Å². The number of epoxide rings is 1. The van der Waals surface area contributed by atoms with E-state index in [0.717, 1.165) is 48.7 Å². The first-order valence-electron chi connectivity index (χ1n) is 14.8. The van der Waals surface area contributed by atoms with Gasteiger partial charge in [-0.15, -0.1) is 0 Å². The fraction of sp³-hybridized carbons (Fsp3) is 0.812. The van der Waals surface area contributed by atoms with Gasteiger partial charge in [-0.2, -0.15) is 0 Å². The molecule has 0 radical (unpaired) electrons. The molecule has 34 heavy (non-hydrogen) atoms. The normalized spacial score (nSPS) is 49.7. The monoisotopic (exact) mass is 460 g/mol. The fourth-order valence-corrected chi connectivity index (χ4v) is 11.2. The third-order valence-electron chi connectivity index (χ3n) is 12.3. The zero-order valence-corrected chi connectivity index (χ0v) is 21.5. The van der Waals surface area contributed by atoms with Crippen LogP contribution in [0.25, 0.3) is 0 Å². The van der Waals surface area contributed by atoms with Crippen molar-refractivity contribution in [1.29, 1.82) is 0 Å². The van der Waals surface area contributed by atoms with Crippen LogP contribution in [0, 0.1) is 41.4 Å². The first-order valence-corrected chi connectivity index (χ1v) is 14.8. The molecule has 1 unspecified atom stereocenters. The van der Waals surface area contributed by atoms with Crippen LogP contribution in [0.2, 0.25) is 0 Å². The predicted octanol–water partition coefficient (Wildman–Crippen LogP) is 7.43. The second kappa shape index (κ2) is 7.05. The van der Waals surface area contributed by atoms with Crippen molar-refractivity contribution in [2.45, 2.75) is 107 Å². The first-order chi connectivity index (χ1) is 16.4. The SMILES string of the molecule is CC(C)C1(COc2cc(C34CC5CC(CC(C5)C3)C4)ccc2C23CC4CC(CC(C4)C2)C3)CO1. The molecule has 10 rings (SSSR count). The van der Waals surface area contributed by atoms with Crippen molar-refractivity contribution in [3.05, 3.63) is 29.3 Å². The van der Waals surface area contributed by atoms with Crippen LogP contribution >= 0.6 is 0 Å². The number of ether oxygens (including phenoxy) is 2. The number of rotatable bonds is 6. The van der Waals surface area contributed by atoms with Crippen molar-refractivity contribution < 1.29 is 9.47 Å². The van der Waals surface area contributed by atoms with Crippen LogP contribution in [-0.2, 0) is 15.6 Å². The Kier molecular flexibility index (Phi) is 4.38. The zero-order chi connectivity index (χ0) is 22.7. The molecule has 1 saturated heterocycles. The number of hydrogen-bond acceptors (Lipinski definition) is 2. The van der Waals surface area contributed by atoms with Crippen molar-refractivity contribution in [2.24, 2.45) is 41.4 Å². The van der Waals surface area contributed by atoms with E-state index in [-0.39, 0.29) is 5.60 Å². The van der Waals surface area contributed by atoms with Gasteiger partial charge in [-0.25, -0.2) is 0 Å². The van der Waals surface area contributed by atoms with Crippen LogP contribution in [0.1, 0.15) is 102 Å². The summed E-state index contributed by atoms with van der Waals surface area (Å²) in [6, 6.07) is 7.77. The molecule has 9 fully saturated rings. The minimum Gasteiger partial charge on any atom is -0.490 e. The summed E-state index contributed by atoms with van der Waals surface area (Å²) in [7, 11) is 0. The van der Waals surface area contributed by atoms with E-state index >= 15 is 0 Å². The van der Waals surface area contributed by atoms with Gasteiger partial charge in [-0.1, -0.05) is 26.0 Å². The van der Waals surface area contributed by atoms with Crippen LogP contribution < -0.4 is 4.74 Å². The molecule has 0 amide bonds. The van der Waals surface area contributed by atoms with E-state index in [1.807, 2.05) is 0 Å². The highest BCUT2D eigenvalue weighted by Crippen LogP contribution is 2.64. The smallest absolute Gasteiger partial charge is 0.128 e. The minimum atomic E-state index is -0.0462. The second-order valence-corrected chi connectivity index (χ2v) is 14.9. The Labute approximate surface area is 206 Å². The van der Waals surface area contributed by atoms with Gasteiger partial charge in [0.15, 0.2) is 0 Å². The molecular formula is C32H44O2. The molecule has 1 atom stereocenters. The van der Waals surface area contributed by atoms with Crippen molar-refractivity contribution in [3.8, 4) is 5.75 Å². The molecule has 8 aliphatic carbocycles. The Morgan fingerprint density at radius 3 is 1.68 bits per heavy atom. The number of benzene rings is 1. The van der Waals surface area contributed by atoms with E-state index in [4.69, 9.17) is 9.47 Å². The van der Waals surface area contributed by atoms with Gasteiger partial charge >= 0.3 is 0 Å². The summed E-state index contributed by atoms with van der Waals surface area (Å²) in [5.41, 5.74) is 4.00. The minimum absolute atomic E-state index is 0.0462. The molecule has 184 valence electrons. The van der Waals surface area contributed by atoms with Crippen LogP contribution in [-0.4, -0.2) is 18.8 Å². The molecule has 2 nitrogen and oxygen atoms in total. The van der Waals surface area contributed by atoms with E-state index in [0.29, 0.717) is 16.7 Å². The van der Waals surface area contributed by atoms with Gasteiger partial charge in [0.25, 0.3) is 0 Å². The third-order valence-corrected chi connectivity index (χ3v) is 12.3. The Bertz CT molecular complexity index is 914. The van der Waals surface area contributed by atoms with Gasteiger partial charge in [0.05, 0.1) is 6.61 Å². The standard InChI is InChI=1S/C32H44O2/c1-20(2)32(19-34-32)18-33-29-11-27(30-12-21-5-22(13-30)7-23(6-21)14-30)3-4-28(29)31-15-24-8-25(16-31)10-26(9-24)17-31/h3-4,11,20-26H,5-10,12-19H2,1-2H3. The molecule has 1 aliphatic heterocycles. The van der Waals surface area contributed by atoms with Crippen LogP contribution in [0.3, 0.4) is 0 Å². The molecule has 8 saturated carbocycles. The Morgan fingerprint density at radius 1 is 0.765 bits per heavy atom. The summed E-state index contributed by atoms with van der Waals surface area (Å²) in [5, 5.41) is 0. The van der Waals surface area contributed by atoms with Gasteiger partial charge in [0.2, 0.25) is 0 Å². The highest BCUT2D eigenvalue weighted by molar-refractivity contribution is 5.47. The lowest BCUT2D eigenvalue weighted by atomic mass is 9.47. The van der Waals surface area contributed by atoms with Crippen molar-refractivity contribution in [3.63, 3.8) is 0 Å². The lowest BCUT2D eigenvalue weighted by Gasteiger charge is -2.58. The van der Waals surface area contributed by atoms with Crippen molar-refractivity contribution in [1.82, 2.24) is 0 Å². The maximum absolute atomic E-state index is 6.89. The largest absolute Gasteiger partial charge is 0.490 e. The number of hydrogen-bond donors (Lipinski definition) is 0. The summed E-state index contributed by atoms with van der Waals surface area (Å²) in [6.45, 7) is 6.19. The van der Waals surface area contributed by atoms with Crippen molar-refractivity contribution >= 4 is 0 Å². The van der Waals surface area contributed by atoms with Gasteiger partial charge in [-0.05, 0) is 141 Å². The Balaban J connectivity index is 1.18. The quantitative estimate of drug-likeness (QED) is 0.412. The van der Waals surface area contributed by atoms with E-state index in [2.05, 4.69) is 32.0 Å². The zero-order valence-electron chi connectivity index (χ0n) is 21.5. The summed E-state index contributed by atoms with van der Waals surface area (Å²) >= 11 is 0. The topological polar surface area (TPSA) is 21.8 Å². The predicted molar refractivity (Wildman–Crippen MR) is 135 cm³/mol. The first kappa shape index (κ1) is 21.1. The van der Waals surface area contributed by atoms with Crippen LogP contribution in [0.5, 0.6) is 5.75 Å². The molecule has 1 aromatic carbocycles. The van der Waals surface area contributed by atoms with Gasteiger partial charge in [-0.3, -0.25) is 0 Å². The molecule has 0 aromatic heterocycles. The molecule has 1 aromatic rings. The average Bonchev–Trinajstić information content (AvgIpc) is 3.57. The highest BCUT2D eigenvalue weighted by Gasteiger charge is 2.55. The summed E-state index contributed by atoms with van der Waals surface area (Å²) in [5.74, 6) is 7.64. The highest BCUT2D eigenvalue weighted by atomic mass is 16.6. The van der Waals surface area contributed by atoms with Gasteiger partial charge in [0, 0.05) is 5.56 Å². The Hall–Kier alpha value is -1.02. The molecule has 1 heterocycles. The molecule has 2 heteroatoms. The van der Waals surface area contributed by atoms with E-state index in [1.165, 1.54) is 82.8 Å². The second-order valence-electron chi connectivity index (χ2n) is 14.9. The molecule has 0 N–H and O–H groups in total. The van der Waals surface area contributed by atoms with Gasteiger partial charge in [0.1, 0.15) is 18.0 Å². The summed E-state index contributed by atoms with van der Waals surface area (Å²) in [4.78, 5) is 0. The maximum Gasteiger partial charge on any atom is 0.128 e. The van der Waals surface area contributed by atoms with Crippen LogP contribution in [0.4, 0.5) is 0 Å². The Morgan fingerprint density at radius 2 is 1.24 bits per heavy atom. The average molecular weight is 461 g/mol. The third kappa shape index (κ3) is 3.09. The molecule has 0 spiro atoms. The lowest BCUT2D eigenvalue weighted by Crippen LogP contribution is -2.49. The van der Waals surface area contributed by atoms with E-state index in [1.54, 1.807) is 11.1 Å². The molecular weight excluding hydrogens is 416 g/mol. The molecule has 9 aliphatic rings. The maximum atomic E-state index is 6.89. The molecule has 8 bridgehead atoms. The summed E-state index contributed by atoms with van der Waals surface area (Å²) < 4.78 is 12.9. The van der Waals surface area contributed by atoms with Gasteiger partial charge < -0.3 is 9.47 Å². The fourth-order valence-electron chi connectivity index (χ4n) is 11.2. The lowest BCUT2D eigenvalue weighted by molar-refractivity contribution is -0.00828. The van der Waals surface area contributed by atoms with Crippen LogP contribution in [0.15, 0.2) is 18.2 Å². The van der Waals surface area contributed by atoms with Crippen molar-refractivity contribution in [2.75, 3.05) is 13.2 Å². The summed E-state index contributed by atoms with van der Waals surface area (Å²) in [6.07, 6.45) is 17.6. The van der Waals surface area contributed by atoms with E-state index < -0.39 is 0 Å².